The van der Waals surface area contributed by atoms with Crippen molar-refractivity contribution in [2.45, 2.75) is 19.9 Å². The van der Waals surface area contributed by atoms with E-state index in [1.165, 1.54) is 12.1 Å². The first-order valence-electron chi connectivity index (χ1n) is 8.32. The van der Waals surface area contributed by atoms with Gasteiger partial charge in [0.2, 0.25) is 0 Å². The van der Waals surface area contributed by atoms with Crippen molar-refractivity contribution in [2.24, 2.45) is 0 Å². The second-order valence-electron chi connectivity index (χ2n) is 6.24. The normalized spacial score (nSPS) is 11.9. The van der Waals surface area contributed by atoms with Crippen LogP contribution >= 0.6 is 0 Å². The Bertz CT molecular complexity index is 956. The fourth-order valence-electron chi connectivity index (χ4n) is 2.75. The Kier molecular flexibility index (Phi) is 4.93. The lowest BCUT2D eigenvalue weighted by atomic mass is 10.1. The van der Waals surface area contributed by atoms with Crippen LogP contribution in [0.5, 0.6) is 11.5 Å². The summed E-state index contributed by atoms with van der Waals surface area (Å²) in [6.07, 6.45) is 0. The number of phenolic OH excluding ortho intramolecular Hbond substituents is 1. The molecule has 3 rings (SSSR count). The van der Waals surface area contributed by atoms with Crippen LogP contribution in [0.15, 0.2) is 48.5 Å². The van der Waals surface area contributed by atoms with E-state index < -0.39 is 0 Å². The van der Waals surface area contributed by atoms with Crippen molar-refractivity contribution in [2.75, 3.05) is 12.3 Å². The van der Waals surface area contributed by atoms with Gasteiger partial charge in [0.25, 0.3) is 5.91 Å². The number of nitrogen functional groups attached to an aromatic ring is 1. The molecule has 0 bridgehead atoms. The minimum atomic E-state index is -0.272. The van der Waals surface area contributed by atoms with Gasteiger partial charge in [-0.25, -0.2) is 0 Å². The van der Waals surface area contributed by atoms with Crippen LogP contribution in [0.25, 0.3) is 10.9 Å². The van der Waals surface area contributed by atoms with Crippen LogP contribution in [0.2, 0.25) is 0 Å². The Morgan fingerprint density at radius 3 is 2.81 bits per heavy atom. The molecule has 4 N–H and O–H groups in total. The maximum Gasteiger partial charge on any atom is 0.251 e. The summed E-state index contributed by atoms with van der Waals surface area (Å²) in [7, 11) is 0. The predicted molar refractivity (Wildman–Crippen MR) is 101 cm³/mol. The number of phenols is 1. The highest BCUT2D eigenvalue weighted by atomic mass is 16.5. The van der Waals surface area contributed by atoms with E-state index in [1.807, 2.05) is 38.1 Å². The second kappa shape index (κ2) is 7.31. The summed E-state index contributed by atoms with van der Waals surface area (Å²) >= 11 is 0. The summed E-state index contributed by atoms with van der Waals surface area (Å²) in [5.41, 5.74) is 8.75. The Hall–Kier alpha value is -3.28. The Balaban J connectivity index is 1.69. The van der Waals surface area contributed by atoms with Gasteiger partial charge in [0, 0.05) is 16.9 Å². The molecule has 0 aliphatic carbocycles. The molecule has 6 nitrogen and oxygen atoms in total. The van der Waals surface area contributed by atoms with Gasteiger partial charge in [0.15, 0.2) is 0 Å². The maximum atomic E-state index is 12.2. The summed E-state index contributed by atoms with van der Waals surface area (Å²) in [6.45, 7) is 4.01. The van der Waals surface area contributed by atoms with Gasteiger partial charge in [-0.2, -0.15) is 0 Å². The van der Waals surface area contributed by atoms with E-state index in [2.05, 4.69) is 10.3 Å². The van der Waals surface area contributed by atoms with E-state index in [9.17, 15) is 9.90 Å². The van der Waals surface area contributed by atoms with Crippen LogP contribution in [-0.2, 0) is 0 Å². The molecule has 0 fully saturated rings. The molecular formula is C20H21N3O3. The quantitative estimate of drug-likeness (QED) is 0.656. The third kappa shape index (κ3) is 3.85. The van der Waals surface area contributed by atoms with E-state index in [1.54, 1.807) is 12.1 Å². The van der Waals surface area contributed by atoms with Crippen molar-refractivity contribution in [1.82, 2.24) is 10.3 Å². The molecule has 0 radical (unpaired) electrons. The highest BCUT2D eigenvalue weighted by Gasteiger charge is 2.13. The average molecular weight is 351 g/mol. The predicted octanol–water partition coefficient (Wildman–Crippen LogP) is 3.03. The standard InChI is InChI=1S/C20H21N3O3/c1-12-9-16(21)19-17(22-12)7-4-8-18(19)26-11-13(2)23-20(25)14-5-3-6-15(24)10-14/h3-10,13,24H,11H2,1-2H3,(H2,21,22)(H,23,25). The number of hydrogen-bond acceptors (Lipinski definition) is 5. The van der Waals surface area contributed by atoms with Crippen LogP contribution in [0.4, 0.5) is 5.69 Å². The number of hydrogen-bond donors (Lipinski definition) is 3. The van der Waals surface area contributed by atoms with Gasteiger partial charge in [-0.05, 0) is 50.2 Å². The number of ether oxygens (including phenoxy) is 1. The molecule has 0 spiro atoms. The number of aromatic nitrogens is 1. The molecule has 0 saturated heterocycles. The van der Waals surface area contributed by atoms with Crippen molar-refractivity contribution in [3.63, 3.8) is 0 Å². The molecule has 1 atom stereocenters. The lowest BCUT2D eigenvalue weighted by molar-refractivity contribution is 0.0926. The average Bonchev–Trinajstić information content (AvgIpc) is 2.59. The van der Waals surface area contributed by atoms with E-state index >= 15 is 0 Å². The van der Waals surface area contributed by atoms with E-state index in [0.717, 1.165) is 16.6 Å². The van der Waals surface area contributed by atoms with Gasteiger partial charge >= 0.3 is 0 Å². The van der Waals surface area contributed by atoms with Gasteiger partial charge in [0.05, 0.1) is 16.9 Å². The molecule has 1 amide bonds. The molecule has 0 saturated carbocycles. The summed E-state index contributed by atoms with van der Waals surface area (Å²) in [6, 6.07) is 13.4. The fraction of sp³-hybridized carbons (Fsp3) is 0.200. The molecular weight excluding hydrogens is 330 g/mol. The number of rotatable bonds is 5. The fourth-order valence-corrected chi connectivity index (χ4v) is 2.75. The maximum absolute atomic E-state index is 12.2. The highest BCUT2D eigenvalue weighted by Crippen LogP contribution is 2.30. The number of nitrogens with two attached hydrogens (primary N) is 1. The minimum absolute atomic E-state index is 0.0515. The highest BCUT2D eigenvalue weighted by molar-refractivity contribution is 5.96. The second-order valence-corrected chi connectivity index (χ2v) is 6.24. The number of carbonyl (C=O) groups excluding carboxylic acids is 1. The van der Waals surface area contributed by atoms with Crippen molar-refractivity contribution in [3.05, 3.63) is 59.8 Å². The number of pyridine rings is 1. The summed E-state index contributed by atoms with van der Waals surface area (Å²) in [5, 5.41) is 13.1. The number of carbonyl (C=O) groups is 1. The van der Waals surface area contributed by atoms with Crippen LogP contribution in [-0.4, -0.2) is 28.6 Å². The number of nitrogens with zero attached hydrogens (tertiary/aromatic N) is 1. The molecule has 0 aliphatic heterocycles. The van der Waals surface area contributed by atoms with Crippen LogP contribution < -0.4 is 15.8 Å². The molecule has 134 valence electrons. The first kappa shape index (κ1) is 17.5. The monoisotopic (exact) mass is 351 g/mol. The molecule has 1 heterocycles. The first-order valence-corrected chi connectivity index (χ1v) is 8.32. The van der Waals surface area contributed by atoms with Gasteiger partial charge in [-0.15, -0.1) is 0 Å². The van der Waals surface area contributed by atoms with E-state index in [0.29, 0.717) is 17.0 Å². The minimum Gasteiger partial charge on any atom is -0.508 e. The van der Waals surface area contributed by atoms with E-state index in [4.69, 9.17) is 10.5 Å². The molecule has 26 heavy (non-hydrogen) atoms. The summed E-state index contributed by atoms with van der Waals surface area (Å²) in [5.74, 6) is 0.410. The van der Waals surface area contributed by atoms with Crippen molar-refractivity contribution >= 4 is 22.5 Å². The third-order valence-electron chi connectivity index (χ3n) is 3.93. The zero-order chi connectivity index (χ0) is 18.7. The lowest BCUT2D eigenvalue weighted by Crippen LogP contribution is -2.36. The topological polar surface area (TPSA) is 97.5 Å². The number of anilines is 1. The van der Waals surface area contributed by atoms with Gasteiger partial charge < -0.3 is 20.9 Å². The van der Waals surface area contributed by atoms with E-state index in [-0.39, 0.29) is 24.3 Å². The van der Waals surface area contributed by atoms with Gasteiger partial charge in [-0.3, -0.25) is 9.78 Å². The number of benzene rings is 2. The molecule has 2 aromatic carbocycles. The van der Waals surface area contributed by atoms with Crippen molar-refractivity contribution in [1.29, 1.82) is 0 Å². The molecule has 3 aromatic rings. The zero-order valence-corrected chi connectivity index (χ0v) is 14.7. The smallest absolute Gasteiger partial charge is 0.251 e. The Morgan fingerprint density at radius 1 is 1.27 bits per heavy atom. The van der Waals surface area contributed by atoms with Crippen LogP contribution in [0, 0.1) is 6.92 Å². The number of fused-ring (bicyclic) bond motifs is 1. The Morgan fingerprint density at radius 2 is 2.04 bits per heavy atom. The van der Waals surface area contributed by atoms with Gasteiger partial charge in [0.1, 0.15) is 18.1 Å². The number of aryl methyl sites for hydroxylation is 1. The summed E-state index contributed by atoms with van der Waals surface area (Å²) < 4.78 is 5.88. The largest absolute Gasteiger partial charge is 0.508 e. The Labute approximate surface area is 151 Å². The lowest BCUT2D eigenvalue weighted by Gasteiger charge is -2.17. The van der Waals surface area contributed by atoms with Crippen molar-refractivity contribution < 1.29 is 14.6 Å². The van der Waals surface area contributed by atoms with Gasteiger partial charge in [-0.1, -0.05) is 12.1 Å². The molecule has 0 aliphatic rings. The molecule has 1 unspecified atom stereocenters. The van der Waals surface area contributed by atoms with Crippen LogP contribution in [0.1, 0.15) is 23.0 Å². The number of nitrogens with one attached hydrogen (secondary N) is 1. The zero-order valence-electron chi connectivity index (χ0n) is 14.7. The first-order chi connectivity index (χ1) is 12.4. The molecule has 6 heteroatoms. The van der Waals surface area contributed by atoms with Crippen molar-refractivity contribution in [3.8, 4) is 11.5 Å². The molecule has 1 aromatic heterocycles. The summed E-state index contributed by atoms with van der Waals surface area (Å²) in [4.78, 5) is 16.7. The SMILES string of the molecule is Cc1cc(N)c2c(OCC(C)NC(=O)c3cccc(O)c3)cccc2n1. The third-order valence-corrected chi connectivity index (χ3v) is 3.93. The number of amides is 1. The van der Waals surface area contributed by atoms with Crippen LogP contribution in [0.3, 0.4) is 0 Å². The number of aromatic hydroxyl groups is 1.